The lowest BCUT2D eigenvalue weighted by molar-refractivity contribution is -0.127. The number of benzene rings is 1. The number of hydrogen-bond acceptors (Lipinski definition) is 6. The van der Waals surface area contributed by atoms with Crippen molar-refractivity contribution in [1.29, 1.82) is 0 Å². The highest BCUT2D eigenvalue weighted by atomic mass is 16.3. The Morgan fingerprint density at radius 3 is 2.28 bits per heavy atom. The lowest BCUT2D eigenvalue weighted by Crippen LogP contribution is -2.49. The molecule has 4 amide bonds. The standard InChI is InChI=1S/C26H28N4O6/c1-17(31)28-19-10-12-20(13-11-19)30(23(32)16-27-25(33)22-9-5-15-36-22)24(21-8-4-14-35-21)26(34)29-18-6-2-3-7-18/h4-5,8-15,18,24H,2-3,6-7,16H2,1H3,(H,27,33)(H,28,31)(H,29,34)/t24-/m0/s1. The van der Waals surface area contributed by atoms with Crippen LogP contribution in [0.1, 0.15) is 55.0 Å². The molecule has 1 saturated carbocycles. The van der Waals surface area contributed by atoms with Crippen LogP contribution < -0.4 is 20.9 Å². The molecule has 2 aromatic heterocycles. The van der Waals surface area contributed by atoms with Crippen molar-refractivity contribution >= 4 is 35.0 Å². The summed E-state index contributed by atoms with van der Waals surface area (Å²) >= 11 is 0. The molecule has 3 aromatic rings. The molecule has 10 nitrogen and oxygen atoms in total. The van der Waals surface area contributed by atoms with Crippen molar-refractivity contribution in [2.24, 2.45) is 0 Å². The van der Waals surface area contributed by atoms with E-state index >= 15 is 0 Å². The molecule has 1 aromatic carbocycles. The third kappa shape index (κ3) is 6.01. The van der Waals surface area contributed by atoms with Crippen LogP contribution in [0, 0.1) is 0 Å². The Bertz CT molecular complexity index is 1180. The van der Waals surface area contributed by atoms with E-state index < -0.39 is 17.9 Å². The number of hydrogen-bond donors (Lipinski definition) is 3. The van der Waals surface area contributed by atoms with Crippen LogP contribution in [0.4, 0.5) is 11.4 Å². The Kier molecular flexibility index (Phi) is 7.84. The summed E-state index contributed by atoms with van der Waals surface area (Å²) < 4.78 is 10.7. The number of nitrogens with one attached hydrogen (secondary N) is 3. The van der Waals surface area contributed by atoms with Crippen LogP contribution in [0.5, 0.6) is 0 Å². The molecular formula is C26H28N4O6. The summed E-state index contributed by atoms with van der Waals surface area (Å²) in [6.45, 7) is 1.01. The molecule has 2 heterocycles. The van der Waals surface area contributed by atoms with Crippen LogP contribution in [-0.4, -0.2) is 36.2 Å². The first kappa shape index (κ1) is 24.8. The van der Waals surface area contributed by atoms with E-state index in [1.807, 2.05) is 0 Å². The number of amides is 4. The fourth-order valence-electron chi connectivity index (χ4n) is 4.25. The summed E-state index contributed by atoms with van der Waals surface area (Å²) in [5, 5.41) is 8.26. The van der Waals surface area contributed by atoms with E-state index in [2.05, 4.69) is 16.0 Å². The number of furan rings is 2. The topological polar surface area (TPSA) is 134 Å². The van der Waals surface area contributed by atoms with Gasteiger partial charge in [0.1, 0.15) is 5.76 Å². The first-order chi connectivity index (χ1) is 17.4. The molecule has 0 spiro atoms. The Morgan fingerprint density at radius 2 is 1.67 bits per heavy atom. The molecule has 36 heavy (non-hydrogen) atoms. The van der Waals surface area contributed by atoms with Crippen LogP contribution in [-0.2, 0) is 14.4 Å². The van der Waals surface area contributed by atoms with Gasteiger partial charge in [0.2, 0.25) is 11.8 Å². The summed E-state index contributed by atoms with van der Waals surface area (Å²) in [4.78, 5) is 52.2. The fraction of sp³-hybridized carbons (Fsp3) is 0.308. The predicted octanol–water partition coefficient (Wildman–Crippen LogP) is 3.39. The van der Waals surface area contributed by atoms with Gasteiger partial charge in [-0.1, -0.05) is 12.8 Å². The molecule has 188 valence electrons. The maximum atomic E-state index is 13.5. The van der Waals surface area contributed by atoms with E-state index in [1.165, 1.54) is 30.4 Å². The van der Waals surface area contributed by atoms with Gasteiger partial charge in [0.05, 0.1) is 19.1 Å². The largest absolute Gasteiger partial charge is 0.467 e. The maximum Gasteiger partial charge on any atom is 0.287 e. The molecule has 1 fully saturated rings. The number of anilines is 2. The van der Waals surface area contributed by atoms with Crippen molar-refractivity contribution in [1.82, 2.24) is 10.6 Å². The molecular weight excluding hydrogens is 464 g/mol. The lowest BCUT2D eigenvalue weighted by Gasteiger charge is -2.31. The monoisotopic (exact) mass is 492 g/mol. The third-order valence-corrected chi connectivity index (χ3v) is 5.90. The SMILES string of the molecule is CC(=O)Nc1ccc(N(C(=O)CNC(=O)c2ccco2)[C@H](C(=O)NC2CCCC2)c2ccco2)cc1. The van der Waals surface area contributed by atoms with Crippen molar-refractivity contribution in [2.75, 3.05) is 16.8 Å². The second-order valence-electron chi connectivity index (χ2n) is 8.56. The van der Waals surface area contributed by atoms with Crippen LogP contribution in [0.3, 0.4) is 0 Å². The van der Waals surface area contributed by atoms with Gasteiger partial charge in [-0.25, -0.2) is 0 Å². The van der Waals surface area contributed by atoms with Gasteiger partial charge in [-0.05, 0) is 61.4 Å². The minimum Gasteiger partial charge on any atom is -0.467 e. The highest BCUT2D eigenvalue weighted by molar-refractivity contribution is 6.04. The summed E-state index contributed by atoms with van der Waals surface area (Å²) in [6.07, 6.45) is 6.60. The molecule has 3 N–H and O–H groups in total. The maximum absolute atomic E-state index is 13.5. The van der Waals surface area contributed by atoms with Gasteiger partial charge in [0, 0.05) is 24.3 Å². The first-order valence-electron chi connectivity index (χ1n) is 11.8. The summed E-state index contributed by atoms with van der Waals surface area (Å²) in [5.41, 5.74) is 0.930. The molecule has 0 bridgehead atoms. The zero-order chi connectivity index (χ0) is 25.5. The Balaban J connectivity index is 1.64. The zero-order valence-corrected chi connectivity index (χ0v) is 19.9. The van der Waals surface area contributed by atoms with E-state index in [9.17, 15) is 19.2 Å². The minimum atomic E-state index is -1.11. The fourth-order valence-corrected chi connectivity index (χ4v) is 4.25. The highest BCUT2D eigenvalue weighted by Gasteiger charge is 2.36. The number of nitrogens with zero attached hydrogens (tertiary/aromatic N) is 1. The van der Waals surface area contributed by atoms with Gasteiger partial charge < -0.3 is 24.8 Å². The molecule has 0 radical (unpaired) electrons. The second-order valence-corrected chi connectivity index (χ2v) is 8.56. The van der Waals surface area contributed by atoms with E-state index in [1.54, 1.807) is 42.5 Å². The highest BCUT2D eigenvalue weighted by Crippen LogP contribution is 2.30. The smallest absolute Gasteiger partial charge is 0.287 e. The second kappa shape index (κ2) is 11.4. The van der Waals surface area contributed by atoms with Gasteiger partial charge in [-0.15, -0.1) is 0 Å². The van der Waals surface area contributed by atoms with E-state index in [0.29, 0.717) is 11.4 Å². The molecule has 1 atom stereocenters. The molecule has 0 saturated heterocycles. The quantitative estimate of drug-likeness (QED) is 0.419. The van der Waals surface area contributed by atoms with E-state index in [0.717, 1.165) is 25.7 Å². The Morgan fingerprint density at radius 1 is 0.972 bits per heavy atom. The Labute approximate surface area is 208 Å². The molecule has 0 unspecified atom stereocenters. The molecule has 10 heteroatoms. The number of carbonyl (C=O) groups is 4. The summed E-state index contributed by atoms with van der Waals surface area (Å²) in [6, 6.07) is 11.7. The van der Waals surface area contributed by atoms with Crippen molar-refractivity contribution in [2.45, 2.75) is 44.7 Å². The van der Waals surface area contributed by atoms with E-state index in [-0.39, 0.29) is 35.9 Å². The van der Waals surface area contributed by atoms with Crippen molar-refractivity contribution in [3.8, 4) is 0 Å². The predicted molar refractivity (Wildman–Crippen MR) is 131 cm³/mol. The van der Waals surface area contributed by atoms with Crippen molar-refractivity contribution in [3.63, 3.8) is 0 Å². The average Bonchev–Trinajstić information content (AvgIpc) is 3.65. The van der Waals surface area contributed by atoms with Crippen molar-refractivity contribution in [3.05, 3.63) is 72.6 Å². The summed E-state index contributed by atoms with van der Waals surface area (Å²) in [7, 11) is 0. The summed E-state index contributed by atoms with van der Waals surface area (Å²) in [5.74, 6) is -1.36. The van der Waals surface area contributed by atoms with Gasteiger partial charge in [-0.2, -0.15) is 0 Å². The normalized spacial score (nSPS) is 14.1. The van der Waals surface area contributed by atoms with Crippen LogP contribution in [0.15, 0.2) is 69.9 Å². The molecule has 1 aliphatic rings. The minimum absolute atomic E-state index is 0.0210. The van der Waals surface area contributed by atoms with E-state index in [4.69, 9.17) is 8.83 Å². The van der Waals surface area contributed by atoms with Crippen molar-refractivity contribution < 1.29 is 28.0 Å². The van der Waals surface area contributed by atoms with Crippen LogP contribution in [0.2, 0.25) is 0 Å². The third-order valence-electron chi connectivity index (χ3n) is 5.90. The zero-order valence-electron chi connectivity index (χ0n) is 19.9. The number of carbonyl (C=O) groups excluding carboxylic acids is 4. The van der Waals surface area contributed by atoms with Gasteiger partial charge in [0.15, 0.2) is 11.8 Å². The van der Waals surface area contributed by atoms with Gasteiger partial charge in [-0.3, -0.25) is 24.1 Å². The number of rotatable bonds is 9. The van der Waals surface area contributed by atoms with Crippen LogP contribution in [0.25, 0.3) is 0 Å². The average molecular weight is 493 g/mol. The van der Waals surface area contributed by atoms with Gasteiger partial charge in [0.25, 0.3) is 11.8 Å². The molecule has 0 aliphatic heterocycles. The lowest BCUT2D eigenvalue weighted by atomic mass is 10.1. The molecule has 1 aliphatic carbocycles. The first-order valence-corrected chi connectivity index (χ1v) is 11.8. The van der Waals surface area contributed by atoms with Crippen LogP contribution >= 0.6 is 0 Å². The Hall–Kier alpha value is -4.34. The van der Waals surface area contributed by atoms with Gasteiger partial charge >= 0.3 is 0 Å². The molecule has 4 rings (SSSR count).